The molecule has 1 atom stereocenters. The Balaban J connectivity index is 1.84. The van der Waals surface area contributed by atoms with Gasteiger partial charge in [0.1, 0.15) is 5.75 Å². The molecule has 3 rings (SSSR count). The molecule has 0 fully saturated rings. The third-order valence-corrected chi connectivity index (χ3v) is 3.75. The van der Waals surface area contributed by atoms with E-state index in [1.165, 1.54) is 12.4 Å². The van der Waals surface area contributed by atoms with Gasteiger partial charge in [-0.25, -0.2) is 4.98 Å². The van der Waals surface area contributed by atoms with E-state index in [1.807, 2.05) is 42.5 Å². The molecule has 120 valence electrons. The van der Waals surface area contributed by atoms with Gasteiger partial charge in [0.25, 0.3) is 5.91 Å². The van der Waals surface area contributed by atoms with E-state index in [1.54, 1.807) is 18.3 Å². The number of aromatic nitrogens is 2. The van der Waals surface area contributed by atoms with Crippen molar-refractivity contribution in [3.05, 3.63) is 83.2 Å². The van der Waals surface area contributed by atoms with Crippen molar-refractivity contribution in [2.24, 2.45) is 0 Å². The normalized spacial score (nSPS) is 11.5. The molecule has 0 radical (unpaired) electrons. The summed E-state index contributed by atoms with van der Waals surface area (Å²) in [6.45, 7) is 0. The highest BCUT2D eigenvalue weighted by Gasteiger charge is 2.23. The number of nitrogens with one attached hydrogen (secondary N) is 1. The molecule has 24 heavy (non-hydrogen) atoms. The zero-order valence-electron chi connectivity index (χ0n) is 12.6. The van der Waals surface area contributed by atoms with Crippen LogP contribution in [0.1, 0.15) is 11.7 Å². The Kier molecular flexibility index (Phi) is 5.18. The molecule has 0 aliphatic heterocycles. The van der Waals surface area contributed by atoms with Gasteiger partial charge in [-0.05, 0) is 24.3 Å². The fraction of sp³-hybridized carbons (Fsp3) is 0.0556. The standard InChI is InChI=1S/C18H14BrN3O2/c19-14-6-8-15(9-7-14)24-17(13-4-2-1-3-5-13)18(23)22-16-12-20-10-11-21-16/h1-12,17H,(H,21,22,23). The van der Waals surface area contributed by atoms with Gasteiger partial charge in [0, 0.05) is 22.4 Å². The van der Waals surface area contributed by atoms with E-state index in [9.17, 15) is 4.79 Å². The second-order valence-electron chi connectivity index (χ2n) is 4.94. The van der Waals surface area contributed by atoms with Gasteiger partial charge in [0.15, 0.2) is 5.82 Å². The van der Waals surface area contributed by atoms with Crippen LogP contribution in [-0.2, 0) is 4.79 Å². The minimum atomic E-state index is -0.797. The number of halogens is 1. The van der Waals surface area contributed by atoms with Crippen LogP contribution in [0.3, 0.4) is 0 Å². The van der Waals surface area contributed by atoms with E-state index >= 15 is 0 Å². The van der Waals surface area contributed by atoms with Crippen molar-refractivity contribution < 1.29 is 9.53 Å². The molecule has 0 saturated carbocycles. The summed E-state index contributed by atoms with van der Waals surface area (Å²) in [5.41, 5.74) is 0.752. The van der Waals surface area contributed by atoms with E-state index in [-0.39, 0.29) is 5.91 Å². The van der Waals surface area contributed by atoms with Crippen molar-refractivity contribution >= 4 is 27.7 Å². The lowest BCUT2D eigenvalue weighted by Crippen LogP contribution is -2.26. The highest BCUT2D eigenvalue weighted by molar-refractivity contribution is 9.10. The van der Waals surface area contributed by atoms with Gasteiger partial charge in [0.2, 0.25) is 6.10 Å². The second-order valence-corrected chi connectivity index (χ2v) is 5.86. The minimum Gasteiger partial charge on any atom is -0.476 e. The number of rotatable bonds is 5. The maximum absolute atomic E-state index is 12.7. The predicted octanol–water partition coefficient (Wildman–Crippen LogP) is 4.00. The van der Waals surface area contributed by atoms with Gasteiger partial charge in [-0.2, -0.15) is 0 Å². The Morgan fingerprint density at radius 3 is 2.46 bits per heavy atom. The Hall–Kier alpha value is -2.73. The molecule has 0 aliphatic rings. The smallest absolute Gasteiger partial charge is 0.271 e. The van der Waals surface area contributed by atoms with Gasteiger partial charge in [-0.3, -0.25) is 9.78 Å². The van der Waals surface area contributed by atoms with E-state index in [0.29, 0.717) is 11.6 Å². The van der Waals surface area contributed by atoms with E-state index in [2.05, 4.69) is 31.2 Å². The van der Waals surface area contributed by atoms with Crippen molar-refractivity contribution in [3.8, 4) is 5.75 Å². The van der Waals surface area contributed by atoms with E-state index in [4.69, 9.17) is 4.74 Å². The fourth-order valence-corrected chi connectivity index (χ4v) is 2.37. The number of carbonyl (C=O) groups excluding carboxylic acids is 1. The Bertz CT molecular complexity index is 796. The fourth-order valence-electron chi connectivity index (χ4n) is 2.11. The van der Waals surface area contributed by atoms with Crippen LogP contribution in [0.2, 0.25) is 0 Å². The molecule has 0 aliphatic carbocycles. The third kappa shape index (κ3) is 4.17. The molecule has 5 nitrogen and oxygen atoms in total. The lowest BCUT2D eigenvalue weighted by molar-refractivity contribution is -0.123. The Morgan fingerprint density at radius 1 is 1.04 bits per heavy atom. The molecular weight excluding hydrogens is 370 g/mol. The monoisotopic (exact) mass is 383 g/mol. The number of hydrogen-bond acceptors (Lipinski definition) is 4. The van der Waals surface area contributed by atoms with Crippen LogP contribution < -0.4 is 10.1 Å². The first-order valence-corrected chi connectivity index (χ1v) is 8.06. The highest BCUT2D eigenvalue weighted by Crippen LogP contribution is 2.24. The van der Waals surface area contributed by atoms with Gasteiger partial charge < -0.3 is 10.1 Å². The molecule has 1 heterocycles. The first kappa shape index (κ1) is 16.1. The SMILES string of the molecule is O=C(Nc1cnccn1)C(Oc1ccc(Br)cc1)c1ccccc1. The van der Waals surface area contributed by atoms with Crippen LogP contribution in [-0.4, -0.2) is 15.9 Å². The summed E-state index contributed by atoms with van der Waals surface area (Å²) in [6.07, 6.45) is 3.75. The summed E-state index contributed by atoms with van der Waals surface area (Å²) in [4.78, 5) is 20.7. The van der Waals surface area contributed by atoms with Crippen LogP contribution >= 0.6 is 15.9 Å². The summed E-state index contributed by atoms with van der Waals surface area (Å²) in [7, 11) is 0. The van der Waals surface area contributed by atoms with Crippen molar-refractivity contribution in [1.82, 2.24) is 9.97 Å². The summed E-state index contributed by atoms with van der Waals surface area (Å²) in [6, 6.07) is 16.6. The number of benzene rings is 2. The van der Waals surface area contributed by atoms with Gasteiger partial charge in [-0.1, -0.05) is 46.3 Å². The molecule has 1 N–H and O–H groups in total. The molecule has 2 aromatic carbocycles. The first-order chi connectivity index (χ1) is 11.7. The van der Waals surface area contributed by atoms with Gasteiger partial charge in [-0.15, -0.1) is 0 Å². The summed E-state index contributed by atoms with van der Waals surface area (Å²) in [5, 5.41) is 2.73. The third-order valence-electron chi connectivity index (χ3n) is 3.22. The summed E-state index contributed by atoms with van der Waals surface area (Å²) in [5.74, 6) is 0.661. The van der Waals surface area contributed by atoms with Crippen LogP contribution in [0, 0.1) is 0 Å². The summed E-state index contributed by atoms with van der Waals surface area (Å²) >= 11 is 3.38. The molecule has 3 aromatic rings. The maximum atomic E-state index is 12.7. The zero-order chi connectivity index (χ0) is 16.8. The topological polar surface area (TPSA) is 64.1 Å². The average Bonchev–Trinajstić information content (AvgIpc) is 2.63. The number of amides is 1. The largest absolute Gasteiger partial charge is 0.476 e. The number of nitrogens with zero attached hydrogens (tertiary/aromatic N) is 2. The number of anilines is 1. The molecule has 1 amide bonds. The van der Waals surface area contributed by atoms with Crippen molar-refractivity contribution in [3.63, 3.8) is 0 Å². The quantitative estimate of drug-likeness (QED) is 0.722. The van der Waals surface area contributed by atoms with Gasteiger partial charge in [0.05, 0.1) is 6.20 Å². The zero-order valence-corrected chi connectivity index (χ0v) is 14.2. The van der Waals surface area contributed by atoms with Crippen LogP contribution in [0.5, 0.6) is 5.75 Å². The Labute approximate surface area is 147 Å². The lowest BCUT2D eigenvalue weighted by Gasteiger charge is -2.19. The molecular formula is C18H14BrN3O2. The van der Waals surface area contributed by atoms with E-state index in [0.717, 1.165) is 10.0 Å². The highest BCUT2D eigenvalue weighted by atomic mass is 79.9. The summed E-state index contributed by atoms with van der Waals surface area (Å²) < 4.78 is 6.85. The second kappa shape index (κ2) is 7.70. The van der Waals surface area contributed by atoms with E-state index < -0.39 is 6.10 Å². The van der Waals surface area contributed by atoms with Crippen LogP contribution in [0.15, 0.2) is 77.7 Å². The minimum absolute atomic E-state index is 0.315. The molecule has 1 aromatic heterocycles. The molecule has 1 unspecified atom stereocenters. The predicted molar refractivity (Wildman–Crippen MR) is 94.6 cm³/mol. The average molecular weight is 384 g/mol. The van der Waals surface area contributed by atoms with Crippen molar-refractivity contribution in [2.75, 3.05) is 5.32 Å². The molecule has 6 heteroatoms. The van der Waals surface area contributed by atoms with Crippen molar-refractivity contribution in [1.29, 1.82) is 0 Å². The number of ether oxygens (including phenoxy) is 1. The first-order valence-electron chi connectivity index (χ1n) is 7.26. The van der Waals surface area contributed by atoms with Crippen LogP contribution in [0.4, 0.5) is 5.82 Å². The maximum Gasteiger partial charge on any atom is 0.271 e. The number of carbonyl (C=O) groups is 1. The lowest BCUT2D eigenvalue weighted by atomic mass is 10.1. The van der Waals surface area contributed by atoms with Crippen molar-refractivity contribution in [2.45, 2.75) is 6.10 Å². The van der Waals surface area contributed by atoms with Crippen LogP contribution in [0.25, 0.3) is 0 Å². The van der Waals surface area contributed by atoms with Gasteiger partial charge >= 0.3 is 0 Å². The number of hydrogen-bond donors (Lipinski definition) is 1. The Morgan fingerprint density at radius 2 is 1.79 bits per heavy atom. The molecule has 0 saturated heterocycles. The molecule has 0 spiro atoms. The molecule has 0 bridgehead atoms.